The van der Waals surface area contributed by atoms with Crippen LogP contribution in [0.25, 0.3) is 11.2 Å². The Labute approximate surface area is 231 Å². The molecule has 0 radical (unpaired) electrons. The number of fused-ring (bicyclic) bond motifs is 1. The van der Waals surface area contributed by atoms with Crippen LogP contribution in [0.1, 0.15) is 33.9 Å². The molecule has 15 heteroatoms. The number of benzene rings is 1. The van der Waals surface area contributed by atoms with Crippen molar-refractivity contribution in [1.82, 2.24) is 24.6 Å². The molecule has 2 unspecified atom stereocenters. The first-order chi connectivity index (χ1) is 19.0. The van der Waals surface area contributed by atoms with Gasteiger partial charge in [-0.25, -0.2) is 14.5 Å². The molecule has 0 bridgehead atoms. The number of carbonyl (C=O) groups is 1. The van der Waals surface area contributed by atoms with Crippen molar-refractivity contribution in [2.75, 3.05) is 12.3 Å². The van der Waals surface area contributed by atoms with Gasteiger partial charge in [-0.2, -0.15) is 10.1 Å². The van der Waals surface area contributed by atoms with Crippen LogP contribution >= 0.6 is 7.75 Å². The summed E-state index contributed by atoms with van der Waals surface area (Å²) >= 11 is 0. The number of ether oxygens (including phenoxy) is 2. The van der Waals surface area contributed by atoms with Crippen molar-refractivity contribution >= 4 is 30.8 Å². The molecular formula is C25H32N7O7P. The van der Waals surface area contributed by atoms with E-state index in [4.69, 9.17) is 30.0 Å². The predicted octanol–water partition coefficient (Wildman–Crippen LogP) is 1.52. The predicted molar refractivity (Wildman–Crippen MR) is 144 cm³/mol. The number of nitrogen functional groups attached to an aromatic ring is 1. The summed E-state index contributed by atoms with van der Waals surface area (Å²) < 4.78 is 38.0. The SMILES string of the molecule is CC#CC1(N)[C@@H](O)[C@@H](COP(=O)(N[C@@H](C)C(=O)OC(C)C)Oc2ccccc2)O[C@H]1n1cnc2cnc(N)nc21. The zero-order chi connectivity index (χ0) is 29.1. The van der Waals surface area contributed by atoms with E-state index in [0.29, 0.717) is 11.2 Å². The molecule has 0 aliphatic carbocycles. The lowest BCUT2D eigenvalue weighted by Gasteiger charge is -2.28. The third-order valence-electron chi connectivity index (χ3n) is 5.92. The minimum absolute atomic E-state index is 0.00654. The van der Waals surface area contributed by atoms with Crippen LogP contribution < -0.4 is 21.1 Å². The minimum Gasteiger partial charge on any atom is -0.462 e. The van der Waals surface area contributed by atoms with E-state index >= 15 is 0 Å². The van der Waals surface area contributed by atoms with Crippen LogP contribution in [-0.2, 0) is 23.4 Å². The molecule has 4 rings (SSSR count). The maximum atomic E-state index is 13.9. The number of anilines is 1. The normalized spacial score (nSPS) is 24.7. The van der Waals surface area contributed by atoms with Gasteiger partial charge in [0.05, 0.1) is 25.2 Å². The quantitative estimate of drug-likeness (QED) is 0.155. The van der Waals surface area contributed by atoms with Crippen LogP contribution in [0.4, 0.5) is 5.95 Å². The molecule has 14 nitrogen and oxygen atoms in total. The Balaban J connectivity index is 1.59. The third-order valence-corrected chi connectivity index (χ3v) is 7.56. The van der Waals surface area contributed by atoms with Crippen LogP contribution in [-0.4, -0.2) is 67.1 Å². The van der Waals surface area contributed by atoms with E-state index in [1.54, 1.807) is 51.1 Å². The molecule has 1 aromatic carbocycles. The number of carbonyl (C=O) groups excluding carboxylic acids is 1. The molecular weight excluding hydrogens is 541 g/mol. The van der Waals surface area contributed by atoms with Gasteiger partial charge in [0.2, 0.25) is 5.95 Å². The van der Waals surface area contributed by atoms with Crippen molar-refractivity contribution in [2.24, 2.45) is 5.73 Å². The van der Waals surface area contributed by atoms with Gasteiger partial charge in [0, 0.05) is 0 Å². The molecule has 0 amide bonds. The van der Waals surface area contributed by atoms with E-state index in [9.17, 15) is 14.5 Å². The highest BCUT2D eigenvalue weighted by Gasteiger charge is 2.55. The van der Waals surface area contributed by atoms with Crippen LogP contribution in [0, 0.1) is 11.8 Å². The molecule has 1 aliphatic rings. The van der Waals surface area contributed by atoms with E-state index in [1.165, 1.54) is 24.0 Å². The number of aliphatic hydroxyl groups is 1. The van der Waals surface area contributed by atoms with Crippen molar-refractivity contribution in [2.45, 2.75) is 63.8 Å². The van der Waals surface area contributed by atoms with Crippen LogP contribution in [0.5, 0.6) is 5.75 Å². The van der Waals surface area contributed by atoms with Gasteiger partial charge in [-0.15, -0.1) is 5.92 Å². The van der Waals surface area contributed by atoms with Gasteiger partial charge < -0.3 is 30.6 Å². The molecule has 6 N–H and O–H groups in total. The molecule has 214 valence electrons. The summed E-state index contributed by atoms with van der Waals surface area (Å²) in [5.74, 6) is 5.12. The molecule has 3 aromatic rings. The van der Waals surface area contributed by atoms with E-state index in [-0.39, 0.29) is 17.8 Å². The van der Waals surface area contributed by atoms with E-state index in [1.807, 2.05) is 0 Å². The number of imidazole rings is 1. The van der Waals surface area contributed by atoms with Gasteiger partial charge in [-0.05, 0) is 39.8 Å². The summed E-state index contributed by atoms with van der Waals surface area (Å²) in [6.07, 6.45) is -1.13. The van der Waals surface area contributed by atoms with E-state index < -0.39 is 50.3 Å². The second-order valence-electron chi connectivity index (χ2n) is 9.40. The lowest BCUT2D eigenvalue weighted by atomic mass is 9.91. The molecule has 0 saturated carbocycles. The monoisotopic (exact) mass is 573 g/mol. The number of nitrogens with one attached hydrogen (secondary N) is 1. The molecule has 1 aliphatic heterocycles. The summed E-state index contributed by atoms with van der Waals surface area (Å²) in [4.78, 5) is 24.8. The molecule has 3 heterocycles. The Morgan fingerprint density at radius 2 is 2.02 bits per heavy atom. The zero-order valence-electron chi connectivity index (χ0n) is 22.4. The van der Waals surface area contributed by atoms with Crippen molar-refractivity contribution < 1.29 is 33.0 Å². The average Bonchev–Trinajstić information content (AvgIpc) is 3.41. The molecule has 1 fully saturated rings. The smallest absolute Gasteiger partial charge is 0.459 e. The number of aliphatic hydroxyl groups excluding tert-OH is 1. The summed E-state index contributed by atoms with van der Waals surface area (Å²) in [6, 6.07) is 7.22. The summed E-state index contributed by atoms with van der Waals surface area (Å²) in [7, 11) is -4.23. The number of para-hydroxylation sites is 1. The number of hydrogen-bond acceptors (Lipinski definition) is 12. The fraction of sp³-hybridized carbons (Fsp3) is 0.440. The maximum absolute atomic E-state index is 13.9. The van der Waals surface area contributed by atoms with Gasteiger partial charge in [0.15, 0.2) is 17.4 Å². The first-order valence-corrected chi connectivity index (χ1v) is 14.0. The van der Waals surface area contributed by atoms with Crippen molar-refractivity contribution in [3.63, 3.8) is 0 Å². The standard InChI is InChI=1S/C25H32N7O7P/c1-5-11-25(27)20(33)19(38-23(25)32-14-29-18-12-28-24(26)30-21(18)32)13-36-40(35,39-17-9-7-6-8-10-17)31-16(4)22(34)37-15(2)3/h6-10,12,14-16,19-20,23,33H,13,27H2,1-4H3,(H,31,35)(H2,26,28,30)/t16-,19+,20-,23+,25?,40?/m0/s1. The molecule has 6 atom stereocenters. The van der Waals surface area contributed by atoms with E-state index in [2.05, 4.69) is 31.9 Å². The highest BCUT2D eigenvalue weighted by atomic mass is 31.2. The number of esters is 1. The number of aromatic nitrogens is 4. The first kappa shape index (κ1) is 29.4. The topological polar surface area (TPSA) is 199 Å². The van der Waals surface area contributed by atoms with E-state index in [0.717, 1.165) is 0 Å². The Kier molecular flexibility index (Phi) is 8.74. The fourth-order valence-corrected chi connectivity index (χ4v) is 5.60. The average molecular weight is 574 g/mol. The first-order valence-electron chi connectivity index (χ1n) is 12.4. The Hall–Kier alpha value is -3.57. The summed E-state index contributed by atoms with van der Waals surface area (Å²) in [5.41, 5.74) is 11.5. The van der Waals surface area contributed by atoms with Gasteiger partial charge in [0.1, 0.15) is 29.5 Å². The van der Waals surface area contributed by atoms with Crippen LogP contribution in [0.15, 0.2) is 42.9 Å². The Bertz CT molecular complexity index is 1460. The maximum Gasteiger partial charge on any atom is 0.459 e. The molecule has 0 spiro atoms. The molecule has 40 heavy (non-hydrogen) atoms. The van der Waals surface area contributed by atoms with Crippen LogP contribution in [0.2, 0.25) is 0 Å². The lowest BCUT2D eigenvalue weighted by molar-refractivity contribution is -0.149. The third kappa shape index (κ3) is 6.26. The highest BCUT2D eigenvalue weighted by molar-refractivity contribution is 7.52. The second kappa shape index (κ2) is 11.9. The van der Waals surface area contributed by atoms with Gasteiger partial charge in [0.25, 0.3) is 0 Å². The van der Waals surface area contributed by atoms with Crippen molar-refractivity contribution in [3.8, 4) is 17.6 Å². The lowest BCUT2D eigenvalue weighted by Crippen LogP contribution is -2.53. The summed E-state index contributed by atoms with van der Waals surface area (Å²) in [6.45, 7) is 5.97. The van der Waals surface area contributed by atoms with Gasteiger partial charge >= 0.3 is 13.7 Å². The second-order valence-corrected chi connectivity index (χ2v) is 11.1. The van der Waals surface area contributed by atoms with Crippen molar-refractivity contribution in [3.05, 3.63) is 42.9 Å². The number of hydrogen-bond donors (Lipinski definition) is 4. The summed E-state index contributed by atoms with van der Waals surface area (Å²) in [5, 5.41) is 13.8. The fourth-order valence-electron chi connectivity index (χ4n) is 4.10. The van der Waals surface area contributed by atoms with Crippen molar-refractivity contribution in [1.29, 1.82) is 0 Å². The number of rotatable bonds is 10. The van der Waals surface area contributed by atoms with Crippen LogP contribution in [0.3, 0.4) is 0 Å². The Morgan fingerprint density at radius 3 is 2.70 bits per heavy atom. The minimum atomic E-state index is -4.23. The van der Waals surface area contributed by atoms with Gasteiger partial charge in [-0.3, -0.25) is 13.9 Å². The molecule has 2 aromatic heterocycles. The number of nitrogens with two attached hydrogens (primary N) is 2. The zero-order valence-corrected chi connectivity index (χ0v) is 23.3. The number of nitrogens with zero attached hydrogens (tertiary/aromatic N) is 4. The largest absolute Gasteiger partial charge is 0.462 e. The highest BCUT2D eigenvalue weighted by Crippen LogP contribution is 2.47. The Morgan fingerprint density at radius 1 is 1.30 bits per heavy atom. The molecule has 1 saturated heterocycles. The van der Waals surface area contributed by atoms with Gasteiger partial charge in [-0.1, -0.05) is 24.1 Å².